The number of ether oxygens (including phenoxy) is 1. The molecule has 0 bridgehead atoms. The lowest BCUT2D eigenvalue weighted by Gasteiger charge is -2.23. The Bertz CT molecular complexity index is 1270. The van der Waals surface area contributed by atoms with Gasteiger partial charge in [0, 0.05) is 32.7 Å². The molecule has 1 aromatic heterocycles. The second kappa shape index (κ2) is 11.7. The van der Waals surface area contributed by atoms with Crippen molar-refractivity contribution in [2.45, 2.75) is 70.4 Å². The predicted octanol–water partition coefficient (Wildman–Crippen LogP) is 7.92. The van der Waals surface area contributed by atoms with Crippen LogP contribution < -0.4 is 10.1 Å². The fourth-order valence-electron chi connectivity index (χ4n) is 5.03. The Kier molecular flexibility index (Phi) is 8.17. The van der Waals surface area contributed by atoms with Gasteiger partial charge in [-0.2, -0.15) is 0 Å². The summed E-state index contributed by atoms with van der Waals surface area (Å²) in [5, 5.41) is 4.06. The van der Waals surface area contributed by atoms with Crippen molar-refractivity contribution in [3.05, 3.63) is 79.9 Å². The van der Waals surface area contributed by atoms with E-state index >= 15 is 0 Å². The Labute approximate surface area is 224 Å². The fourth-order valence-corrected chi connectivity index (χ4v) is 6.64. The zero-order chi connectivity index (χ0) is 24.9. The van der Waals surface area contributed by atoms with Gasteiger partial charge in [0.25, 0.3) is 5.91 Å². The third-order valence-corrected chi connectivity index (χ3v) is 8.65. The Morgan fingerprint density at radius 2 is 1.92 bits per heavy atom. The Morgan fingerprint density at radius 3 is 2.75 bits per heavy atom. The molecular formula is C29H30BrFN2O2S. The lowest BCUT2D eigenvalue weighted by molar-refractivity contribution is 0.0927. The van der Waals surface area contributed by atoms with Gasteiger partial charge in [-0.05, 0) is 68.4 Å². The molecule has 0 spiro atoms. The lowest BCUT2D eigenvalue weighted by Crippen LogP contribution is -2.36. The molecule has 1 fully saturated rings. The number of fused-ring (bicyclic) bond motifs is 1. The molecule has 0 radical (unpaired) electrons. The lowest BCUT2D eigenvalue weighted by atomic mass is 9.93. The zero-order valence-corrected chi connectivity index (χ0v) is 22.6. The topological polar surface area (TPSA) is 50.7 Å². The molecule has 36 heavy (non-hydrogen) atoms. The molecule has 1 amide bonds. The zero-order valence-electron chi connectivity index (χ0n) is 20.2. The molecule has 1 heterocycles. The van der Waals surface area contributed by atoms with E-state index in [0.717, 1.165) is 59.1 Å². The highest BCUT2D eigenvalue weighted by atomic mass is 79.9. The number of carbonyl (C=O) groups is 1. The summed E-state index contributed by atoms with van der Waals surface area (Å²) in [6.45, 7) is 0.123. The predicted molar refractivity (Wildman–Crippen MR) is 147 cm³/mol. The first-order chi connectivity index (χ1) is 17.6. The minimum absolute atomic E-state index is 0.0127. The molecule has 5 rings (SSSR count). The summed E-state index contributed by atoms with van der Waals surface area (Å²) in [6.07, 6.45) is 11.7. The SMILES string of the molecule is O=C(NC1CCCCC1)c1c(N=Cc2cc(Br)ccc2OCc2ccccc2F)sc2c1CCCC2. The Morgan fingerprint density at radius 1 is 1.11 bits per heavy atom. The molecule has 0 saturated heterocycles. The molecule has 0 unspecified atom stereocenters. The van der Waals surface area contributed by atoms with Crippen LogP contribution in [-0.4, -0.2) is 18.2 Å². The first kappa shape index (κ1) is 25.2. The smallest absolute Gasteiger partial charge is 0.254 e. The van der Waals surface area contributed by atoms with Gasteiger partial charge in [0.05, 0.1) is 5.56 Å². The van der Waals surface area contributed by atoms with Gasteiger partial charge in [-0.1, -0.05) is 53.4 Å². The maximum absolute atomic E-state index is 14.1. The quantitative estimate of drug-likeness (QED) is 0.294. The largest absolute Gasteiger partial charge is 0.488 e. The van der Waals surface area contributed by atoms with Gasteiger partial charge in [0.2, 0.25) is 0 Å². The van der Waals surface area contributed by atoms with Crippen LogP contribution in [0, 0.1) is 5.82 Å². The van der Waals surface area contributed by atoms with Crippen molar-refractivity contribution in [2.24, 2.45) is 4.99 Å². The van der Waals surface area contributed by atoms with Crippen LogP contribution in [0.4, 0.5) is 9.39 Å². The van der Waals surface area contributed by atoms with Crippen molar-refractivity contribution < 1.29 is 13.9 Å². The Balaban J connectivity index is 1.41. The third kappa shape index (κ3) is 5.89. The standard InChI is InChI=1S/C29H30BrFN2O2S/c30-21-14-15-25(35-18-19-8-4-6-12-24(19)31)20(16-21)17-32-29-27(23-11-5-7-13-26(23)36-29)28(34)33-22-9-2-1-3-10-22/h4,6,8,12,14-17,22H,1-3,5,7,9-11,13,18H2,(H,33,34). The molecule has 3 aromatic rings. The molecule has 1 saturated carbocycles. The highest BCUT2D eigenvalue weighted by Crippen LogP contribution is 2.40. The van der Waals surface area contributed by atoms with Crippen molar-refractivity contribution in [3.63, 3.8) is 0 Å². The van der Waals surface area contributed by atoms with E-state index in [2.05, 4.69) is 21.2 Å². The van der Waals surface area contributed by atoms with E-state index < -0.39 is 0 Å². The highest BCUT2D eigenvalue weighted by Gasteiger charge is 2.27. The second-order valence-electron chi connectivity index (χ2n) is 9.52. The summed E-state index contributed by atoms with van der Waals surface area (Å²) in [5.74, 6) is 0.334. The molecule has 1 N–H and O–H groups in total. The van der Waals surface area contributed by atoms with Gasteiger partial charge < -0.3 is 10.1 Å². The number of hydrogen-bond donors (Lipinski definition) is 1. The minimum atomic E-state index is -0.289. The summed E-state index contributed by atoms with van der Waals surface area (Å²) in [4.78, 5) is 19.6. The normalized spacial score (nSPS) is 16.2. The third-order valence-electron chi connectivity index (χ3n) is 6.95. The number of carbonyl (C=O) groups excluding carboxylic acids is 1. The first-order valence-corrected chi connectivity index (χ1v) is 14.3. The van der Waals surface area contributed by atoms with Gasteiger partial charge in [-0.25, -0.2) is 9.38 Å². The molecule has 7 heteroatoms. The minimum Gasteiger partial charge on any atom is -0.488 e. The fraction of sp³-hybridized carbons (Fsp3) is 0.379. The maximum atomic E-state index is 14.1. The van der Waals surface area contributed by atoms with Crippen LogP contribution in [0.15, 0.2) is 51.9 Å². The summed E-state index contributed by atoms with van der Waals surface area (Å²) < 4.78 is 20.9. The second-order valence-corrected chi connectivity index (χ2v) is 11.5. The first-order valence-electron chi connectivity index (χ1n) is 12.7. The number of aryl methyl sites for hydroxylation is 1. The summed E-state index contributed by atoms with van der Waals surface area (Å²) in [6, 6.07) is 12.5. The van der Waals surface area contributed by atoms with E-state index in [9.17, 15) is 9.18 Å². The molecule has 2 aliphatic rings. The van der Waals surface area contributed by atoms with Crippen molar-refractivity contribution in [1.82, 2.24) is 5.32 Å². The van der Waals surface area contributed by atoms with Gasteiger partial charge in [-0.3, -0.25) is 4.79 Å². The van der Waals surface area contributed by atoms with Crippen LogP contribution in [0.1, 0.15) is 76.9 Å². The average molecular weight is 570 g/mol. The van der Waals surface area contributed by atoms with Gasteiger partial charge in [0.1, 0.15) is 23.2 Å². The van der Waals surface area contributed by atoms with E-state index in [1.54, 1.807) is 35.8 Å². The monoisotopic (exact) mass is 568 g/mol. The van der Waals surface area contributed by atoms with E-state index in [-0.39, 0.29) is 24.4 Å². The average Bonchev–Trinajstić information content (AvgIpc) is 3.27. The summed E-state index contributed by atoms with van der Waals surface area (Å²) in [5.41, 5.74) is 3.19. The number of thiophene rings is 1. The highest BCUT2D eigenvalue weighted by molar-refractivity contribution is 9.10. The van der Waals surface area contributed by atoms with Crippen molar-refractivity contribution in [3.8, 4) is 5.75 Å². The molecule has 0 atom stereocenters. The summed E-state index contributed by atoms with van der Waals surface area (Å²) >= 11 is 5.16. The van der Waals surface area contributed by atoms with Crippen LogP contribution in [0.25, 0.3) is 0 Å². The number of benzene rings is 2. The van der Waals surface area contributed by atoms with Crippen molar-refractivity contribution in [1.29, 1.82) is 0 Å². The Hall–Kier alpha value is -2.51. The van der Waals surface area contributed by atoms with Crippen LogP contribution in [0.5, 0.6) is 5.75 Å². The van der Waals surface area contributed by atoms with E-state index in [1.807, 2.05) is 18.2 Å². The maximum Gasteiger partial charge on any atom is 0.254 e. The molecule has 2 aromatic carbocycles. The molecule has 4 nitrogen and oxygen atoms in total. The van der Waals surface area contributed by atoms with Gasteiger partial charge in [0.15, 0.2) is 0 Å². The number of rotatable bonds is 7. The van der Waals surface area contributed by atoms with Crippen LogP contribution in [-0.2, 0) is 19.4 Å². The van der Waals surface area contributed by atoms with Crippen molar-refractivity contribution in [2.75, 3.05) is 0 Å². The molecular weight excluding hydrogens is 539 g/mol. The molecule has 0 aliphatic heterocycles. The van der Waals surface area contributed by atoms with Crippen LogP contribution >= 0.6 is 27.3 Å². The van der Waals surface area contributed by atoms with E-state index in [4.69, 9.17) is 9.73 Å². The number of halogens is 2. The van der Waals surface area contributed by atoms with Crippen LogP contribution in [0.3, 0.4) is 0 Å². The van der Waals surface area contributed by atoms with Gasteiger partial charge >= 0.3 is 0 Å². The van der Waals surface area contributed by atoms with E-state index in [0.29, 0.717) is 11.3 Å². The number of hydrogen-bond acceptors (Lipinski definition) is 4. The number of nitrogens with one attached hydrogen (secondary N) is 1. The molecule has 188 valence electrons. The molecule has 2 aliphatic carbocycles. The summed E-state index contributed by atoms with van der Waals surface area (Å²) in [7, 11) is 0. The van der Waals surface area contributed by atoms with Gasteiger partial charge in [-0.15, -0.1) is 11.3 Å². The van der Waals surface area contributed by atoms with E-state index in [1.165, 1.54) is 35.8 Å². The van der Waals surface area contributed by atoms with Crippen LogP contribution in [0.2, 0.25) is 0 Å². The number of aliphatic imine (C=N–C) groups is 1. The van der Waals surface area contributed by atoms with Crippen molar-refractivity contribution >= 4 is 44.4 Å². The number of nitrogens with zero attached hydrogens (tertiary/aromatic N) is 1. The number of amides is 1.